The molecule has 0 unspecified atom stereocenters. The van der Waals surface area contributed by atoms with Gasteiger partial charge in [-0.25, -0.2) is 13.1 Å². The highest BCUT2D eigenvalue weighted by molar-refractivity contribution is 7.89. The fourth-order valence-electron chi connectivity index (χ4n) is 4.07. The second-order valence-electron chi connectivity index (χ2n) is 9.05. The van der Waals surface area contributed by atoms with Crippen LogP contribution in [0.2, 0.25) is 0 Å². The van der Waals surface area contributed by atoms with Crippen LogP contribution in [0.3, 0.4) is 0 Å². The maximum absolute atomic E-state index is 13.3. The van der Waals surface area contributed by atoms with Gasteiger partial charge in [-0.05, 0) is 54.9 Å². The van der Waals surface area contributed by atoms with Crippen LogP contribution in [0.15, 0.2) is 53.4 Å². The van der Waals surface area contributed by atoms with Crippen molar-refractivity contribution in [3.63, 3.8) is 0 Å². The van der Waals surface area contributed by atoms with Crippen LogP contribution in [0.1, 0.15) is 62.0 Å². The van der Waals surface area contributed by atoms with Crippen molar-refractivity contribution in [2.75, 3.05) is 20.2 Å². The van der Waals surface area contributed by atoms with E-state index >= 15 is 0 Å². The number of methoxy groups -OCH3 is 1. The Hall–Kier alpha value is -2.38. The molecular weight excluding hydrogens is 424 g/mol. The molecule has 1 amide bonds. The zero-order valence-corrected chi connectivity index (χ0v) is 20.2. The summed E-state index contributed by atoms with van der Waals surface area (Å²) >= 11 is 0. The highest BCUT2D eigenvalue weighted by Crippen LogP contribution is 2.28. The highest BCUT2D eigenvalue weighted by Gasteiger charge is 2.27. The Morgan fingerprint density at radius 2 is 1.78 bits per heavy atom. The van der Waals surface area contributed by atoms with E-state index in [1.807, 2.05) is 30.3 Å². The molecule has 6 nitrogen and oxygen atoms in total. The summed E-state index contributed by atoms with van der Waals surface area (Å²) in [4.78, 5) is 15.0. The molecule has 0 spiro atoms. The van der Waals surface area contributed by atoms with Gasteiger partial charge in [-0.3, -0.25) is 4.79 Å². The zero-order chi connectivity index (χ0) is 23.3. The molecule has 3 rings (SSSR count). The number of nitrogens with zero attached hydrogens (tertiary/aromatic N) is 1. The number of carbonyl (C=O) groups is 1. The fraction of sp³-hybridized carbons (Fsp3) is 0.480. The second-order valence-corrected chi connectivity index (χ2v) is 10.8. The van der Waals surface area contributed by atoms with Crippen LogP contribution in [0.4, 0.5) is 0 Å². The molecule has 2 aromatic rings. The standard InChI is InChI=1S/C25H34N2O4S/c1-18(2)16-23(20-8-6-5-7-9-20)26-32(29,30)21-10-11-24(31-4)22(17-21)25(28)27-14-12-19(3)13-15-27/h5-11,17-19,23,26H,12-16H2,1-4H3/t23-/m1/s1. The highest BCUT2D eigenvalue weighted by atomic mass is 32.2. The van der Waals surface area contributed by atoms with Crippen molar-refractivity contribution in [2.24, 2.45) is 11.8 Å². The Morgan fingerprint density at radius 1 is 1.12 bits per heavy atom. The average Bonchev–Trinajstić information content (AvgIpc) is 2.78. The number of hydrogen-bond donors (Lipinski definition) is 1. The molecule has 1 aliphatic heterocycles. The molecule has 1 N–H and O–H groups in total. The molecule has 32 heavy (non-hydrogen) atoms. The molecule has 2 aromatic carbocycles. The van der Waals surface area contributed by atoms with Crippen LogP contribution in [-0.2, 0) is 10.0 Å². The van der Waals surface area contributed by atoms with Crippen molar-refractivity contribution in [3.05, 3.63) is 59.7 Å². The number of piperidine rings is 1. The minimum Gasteiger partial charge on any atom is -0.496 e. The van der Waals surface area contributed by atoms with Crippen molar-refractivity contribution < 1.29 is 17.9 Å². The number of ether oxygens (including phenoxy) is 1. The molecule has 0 radical (unpaired) electrons. The van der Waals surface area contributed by atoms with E-state index in [1.54, 1.807) is 11.0 Å². The molecule has 1 heterocycles. The third kappa shape index (κ3) is 5.90. The summed E-state index contributed by atoms with van der Waals surface area (Å²) in [5.41, 5.74) is 1.20. The lowest BCUT2D eigenvalue weighted by Gasteiger charge is -2.30. The van der Waals surface area contributed by atoms with Crippen molar-refractivity contribution in [1.29, 1.82) is 0 Å². The average molecular weight is 459 g/mol. The topological polar surface area (TPSA) is 75.7 Å². The number of likely N-dealkylation sites (tertiary alicyclic amines) is 1. The first kappa shape index (κ1) is 24.3. The molecule has 0 saturated carbocycles. The first-order chi connectivity index (χ1) is 15.2. The van der Waals surface area contributed by atoms with Gasteiger partial charge in [0, 0.05) is 19.1 Å². The quantitative estimate of drug-likeness (QED) is 0.626. The van der Waals surface area contributed by atoms with Crippen LogP contribution in [-0.4, -0.2) is 39.4 Å². The Bertz CT molecular complexity index is 1010. The van der Waals surface area contributed by atoms with Gasteiger partial charge in [0.25, 0.3) is 5.91 Å². The molecule has 7 heteroatoms. The third-order valence-corrected chi connectivity index (χ3v) is 7.46. The SMILES string of the molecule is COc1ccc(S(=O)(=O)N[C@H](CC(C)C)c2ccccc2)cc1C(=O)N1CCC(C)CC1. The predicted octanol–water partition coefficient (Wildman–Crippen LogP) is 4.63. The first-order valence-electron chi connectivity index (χ1n) is 11.3. The number of amides is 1. The number of hydrogen-bond acceptors (Lipinski definition) is 4. The molecule has 1 fully saturated rings. The number of benzene rings is 2. The van der Waals surface area contributed by atoms with Gasteiger partial charge < -0.3 is 9.64 Å². The van der Waals surface area contributed by atoms with E-state index in [1.165, 1.54) is 19.2 Å². The van der Waals surface area contributed by atoms with Crippen molar-refractivity contribution >= 4 is 15.9 Å². The summed E-state index contributed by atoms with van der Waals surface area (Å²) in [7, 11) is -2.36. The van der Waals surface area contributed by atoms with E-state index < -0.39 is 10.0 Å². The molecule has 1 saturated heterocycles. The van der Waals surface area contributed by atoms with E-state index in [0.29, 0.717) is 37.1 Å². The smallest absolute Gasteiger partial charge is 0.257 e. The maximum Gasteiger partial charge on any atom is 0.257 e. The lowest BCUT2D eigenvalue weighted by atomic mass is 9.98. The molecular formula is C25H34N2O4S. The predicted molar refractivity (Wildman–Crippen MR) is 126 cm³/mol. The Labute approximate surface area is 192 Å². The summed E-state index contributed by atoms with van der Waals surface area (Å²) in [6.45, 7) is 7.65. The van der Waals surface area contributed by atoms with Gasteiger partial charge in [-0.2, -0.15) is 0 Å². The molecule has 0 bridgehead atoms. The van der Waals surface area contributed by atoms with Crippen LogP contribution in [0.25, 0.3) is 0 Å². The fourth-order valence-corrected chi connectivity index (χ4v) is 5.33. The van der Waals surface area contributed by atoms with Gasteiger partial charge >= 0.3 is 0 Å². The van der Waals surface area contributed by atoms with Crippen LogP contribution in [0, 0.1) is 11.8 Å². The first-order valence-corrected chi connectivity index (χ1v) is 12.7. The monoisotopic (exact) mass is 458 g/mol. The lowest BCUT2D eigenvalue weighted by molar-refractivity contribution is 0.0693. The van der Waals surface area contributed by atoms with Crippen LogP contribution >= 0.6 is 0 Å². The Morgan fingerprint density at radius 3 is 2.38 bits per heavy atom. The van der Waals surface area contributed by atoms with Gasteiger partial charge in [-0.1, -0.05) is 51.1 Å². The van der Waals surface area contributed by atoms with E-state index in [2.05, 4.69) is 25.5 Å². The summed E-state index contributed by atoms with van der Waals surface area (Å²) in [5.74, 6) is 1.09. The van der Waals surface area contributed by atoms with Gasteiger partial charge in [-0.15, -0.1) is 0 Å². The maximum atomic E-state index is 13.3. The summed E-state index contributed by atoms with van der Waals surface area (Å²) < 4.78 is 34.9. The molecule has 0 aliphatic carbocycles. The number of sulfonamides is 1. The minimum atomic E-state index is -3.85. The number of rotatable bonds is 8. The van der Waals surface area contributed by atoms with Crippen LogP contribution < -0.4 is 9.46 Å². The largest absolute Gasteiger partial charge is 0.496 e. The normalized spacial score (nSPS) is 16.2. The van der Waals surface area contributed by atoms with E-state index in [4.69, 9.17) is 4.74 Å². The van der Waals surface area contributed by atoms with Crippen LogP contribution in [0.5, 0.6) is 5.75 Å². The van der Waals surface area contributed by atoms with Gasteiger partial charge in [0.1, 0.15) is 5.75 Å². The van der Waals surface area contributed by atoms with E-state index in [0.717, 1.165) is 18.4 Å². The van der Waals surface area contributed by atoms with E-state index in [9.17, 15) is 13.2 Å². The van der Waals surface area contributed by atoms with Crippen molar-refractivity contribution in [3.8, 4) is 5.75 Å². The minimum absolute atomic E-state index is 0.0664. The summed E-state index contributed by atoms with van der Waals surface area (Å²) in [6, 6.07) is 13.7. The van der Waals surface area contributed by atoms with E-state index in [-0.39, 0.29) is 22.4 Å². The molecule has 1 aliphatic rings. The Kier molecular flexibility index (Phi) is 7.96. The summed E-state index contributed by atoms with van der Waals surface area (Å²) in [5, 5.41) is 0. The van der Waals surface area contributed by atoms with Gasteiger partial charge in [0.15, 0.2) is 0 Å². The van der Waals surface area contributed by atoms with Crippen molar-refractivity contribution in [2.45, 2.75) is 51.0 Å². The number of nitrogens with one attached hydrogen (secondary N) is 1. The van der Waals surface area contributed by atoms with Crippen molar-refractivity contribution in [1.82, 2.24) is 9.62 Å². The number of carbonyl (C=O) groups excluding carboxylic acids is 1. The summed E-state index contributed by atoms with van der Waals surface area (Å²) in [6.07, 6.45) is 2.56. The van der Waals surface area contributed by atoms with Gasteiger partial charge in [0.2, 0.25) is 10.0 Å². The zero-order valence-electron chi connectivity index (χ0n) is 19.4. The third-order valence-electron chi connectivity index (χ3n) is 5.99. The lowest BCUT2D eigenvalue weighted by Crippen LogP contribution is -2.38. The molecule has 0 aromatic heterocycles. The van der Waals surface area contributed by atoms with Gasteiger partial charge in [0.05, 0.1) is 17.6 Å². The second kappa shape index (κ2) is 10.5. The molecule has 1 atom stereocenters. The Balaban J connectivity index is 1.90. The molecule has 174 valence electrons.